The van der Waals surface area contributed by atoms with Gasteiger partial charge >= 0.3 is 0 Å². The van der Waals surface area contributed by atoms with Crippen molar-refractivity contribution in [2.45, 2.75) is 0 Å². The van der Waals surface area contributed by atoms with Gasteiger partial charge in [-0.15, -0.1) is 0 Å². The minimum absolute atomic E-state index is 0.411. The topological polar surface area (TPSA) is 78.7 Å². The molecule has 0 saturated heterocycles. The van der Waals surface area contributed by atoms with Crippen molar-refractivity contribution in [1.82, 2.24) is 15.0 Å². The van der Waals surface area contributed by atoms with Crippen LogP contribution in [0.15, 0.2) is 0 Å². The Hall–Kier alpha value is -0.210. The predicted molar refractivity (Wildman–Crippen MR) is 42.6 cm³/mol. The minimum Gasteiger partial charge on any atom is -0.316 e. The molecule has 0 bridgehead atoms. The lowest BCUT2D eigenvalue weighted by molar-refractivity contribution is 0.0821. The Bertz CT molecular complexity index is 200. The van der Waals surface area contributed by atoms with Crippen molar-refractivity contribution < 1.29 is 8.42 Å². The van der Waals surface area contributed by atoms with Gasteiger partial charge in [0.2, 0.25) is 0 Å². The highest BCUT2D eigenvalue weighted by Crippen LogP contribution is 1.95. The minimum atomic E-state index is -3.38. The number of nitrogens with two attached hydrogens (primary N) is 1. The lowest BCUT2D eigenvalue weighted by Gasteiger charge is -2.25. The highest BCUT2D eigenvalue weighted by atomic mass is 32.2. The Morgan fingerprint density at radius 2 is 1.91 bits per heavy atom. The van der Waals surface area contributed by atoms with Gasteiger partial charge in [-0.25, -0.2) is 18.9 Å². The van der Waals surface area contributed by atoms with Crippen LogP contribution in [0.2, 0.25) is 0 Å². The fourth-order valence-corrected chi connectivity index (χ4v) is 1.58. The first kappa shape index (κ1) is 10.8. The second-order valence-electron chi connectivity index (χ2n) is 2.09. The Morgan fingerprint density at radius 1 is 1.45 bits per heavy atom. The average Bonchev–Trinajstić information content (AvgIpc) is 1.88. The first-order chi connectivity index (χ1) is 4.95. The molecule has 0 aromatic heterocycles. The van der Waals surface area contributed by atoms with Crippen LogP contribution in [0.4, 0.5) is 0 Å². The van der Waals surface area contributed by atoms with Gasteiger partial charge in [-0.1, -0.05) is 4.52 Å². The van der Waals surface area contributed by atoms with Crippen LogP contribution in [-0.4, -0.2) is 45.0 Å². The molecule has 0 aliphatic heterocycles. The van der Waals surface area contributed by atoms with Crippen molar-refractivity contribution in [3.63, 3.8) is 0 Å². The third kappa shape index (κ3) is 2.72. The Kier molecular flexibility index (Phi) is 3.90. The van der Waals surface area contributed by atoms with Gasteiger partial charge in [-0.3, -0.25) is 0 Å². The Labute approximate surface area is 66.9 Å². The van der Waals surface area contributed by atoms with E-state index in [1.165, 1.54) is 12.1 Å². The van der Waals surface area contributed by atoms with Gasteiger partial charge in [0.05, 0.1) is 0 Å². The molecule has 0 aromatic carbocycles. The van der Waals surface area contributed by atoms with E-state index in [1.807, 2.05) is 0 Å². The van der Waals surface area contributed by atoms with Gasteiger partial charge in [0.1, 0.15) is 5.88 Å². The molecule has 6 nitrogen and oxygen atoms in total. The molecule has 0 aliphatic rings. The Balaban J connectivity index is 4.51. The fraction of sp³-hybridized carbons (Fsp3) is 1.00. The van der Waals surface area contributed by atoms with Crippen molar-refractivity contribution in [1.29, 1.82) is 0 Å². The summed E-state index contributed by atoms with van der Waals surface area (Å²) in [4.78, 5) is 0. The molecule has 0 aromatic rings. The summed E-state index contributed by atoms with van der Waals surface area (Å²) < 4.78 is 23.1. The third-order valence-corrected chi connectivity index (χ3v) is 2.49. The summed E-state index contributed by atoms with van der Waals surface area (Å²) in [6.45, 7) is 0. The second-order valence-corrected chi connectivity index (χ2v) is 3.94. The van der Waals surface area contributed by atoms with E-state index in [1.54, 1.807) is 14.1 Å². The monoisotopic (exact) mass is 182 g/mol. The van der Waals surface area contributed by atoms with Crippen LogP contribution in [0, 0.1) is 0 Å². The van der Waals surface area contributed by atoms with Gasteiger partial charge in [0.25, 0.3) is 10.0 Å². The maximum absolute atomic E-state index is 11.1. The van der Waals surface area contributed by atoms with Crippen molar-refractivity contribution in [3.05, 3.63) is 0 Å². The summed E-state index contributed by atoms with van der Waals surface area (Å²) in [5.74, 6) is -0.411. The normalized spacial score (nSPS) is 12.9. The van der Waals surface area contributed by atoms with Crippen molar-refractivity contribution >= 4 is 10.0 Å². The van der Waals surface area contributed by atoms with Crippen molar-refractivity contribution in [2.24, 2.45) is 5.73 Å². The van der Waals surface area contributed by atoms with Crippen LogP contribution >= 0.6 is 0 Å². The van der Waals surface area contributed by atoms with E-state index in [2.05, 4.69) is 5.43 Å². The molecule has 7 heteroatoms. The molecule has 0 saturated carbocycles. The molecular weight excluding hydrogens is 168 g/mol. The van der Waals surface area contributed by atoms with E-state index < -0.39 is 15.9 Å². The molecule has 0 fully saturated rings. The third-order valence-electron chi connectivity index (χ3n) is 1.03. The molecule has 11 heavy (non-hydrogen) atoms. The number of sulfonamides is 1. The van der Waals surface area contributed by atoms with Crippen LogP contribution in [-0.2, 0) is 10.0 Å². The summed E-state index contributed by atoms with van der Waals surface area (Å²) in [5, 5.41) is 1.39. The van der Waals surface area contributed by atoms with Crippen LogP contribution in [0.3, 0.4) is 0 Å². The number of rotatable bonds is 4. The lowest BCUT2D eigenvalue weighted by atomic mass is 11.2. The van der Waals surface area contributed by atoms with Crippen molar-refractivity contribution in [3.8, 4) is 0 Å². The van der Waals surface area contributed by atoms with Gasteiger partial charge in [0.15, 0.2) is 0 Å². The molecule has 0 spiro atoms. The molecule has 0 radical (unpaired) electrons. The molecule has 0 unspecified atom stereocenters. The quantitative estimate of drug-likeness (QED) is 0.499. The highest BCUT2D eigenvalue weighted by Gasteiger charge is 2.20. The van der Waals surface area contributed by atoms with E-state index >= 15 is 0 Å². The van der Waals surface area contributed by atoms with Gasteiger partial charge in [-0.05, 0) is 0 Å². The summed E-state index contributed by atoms with van der Waals surface area (Å²) in [6, 6.07) is 0. The fourth-order valence-electron chi connectivity index (χ4n) is 0.658. The molecule has 3 N–H and O–H groups in total. The zero-order chi connectivity index (χ0) is 9.07. The molecule has 0 rings (SSSR count). The average molecular weight is 182 g/mol. The van der Waals surface area contributed by atoms with E-state index in [0.717, 1.165) is 4.52 Å². The van der Waals surface area contributed by atoms with E-state index in [0.29, 0.717) is 0 Å². The summed E-state index contributed by atoms with van der Waals surface area (Å²) in [5.41, 5.74) is 7.51. The number of hydrazine groups is 2. The predicted octanol–water partition coefficient (Wildman–Crippen LogP) is -1.85. The van der Waals surface area contributed by atoms with Crippen LogP contribution in [0.25, 0.3) is 0 Å². The largest absolute Gasteiger partial charge is 0.316 e. The van der Waals surface area contributed by atoms with Crippen LogP contribution in [0.5, 0.6) is 0 Å². The smallest absolute Gasteiger partial charge is 0.253 e. The number of nitrogens with one attached hydrogen (secondary N) is 1. The van der Waals surface area contributed by atoms with Gasteiger partial charge in [-0.2, -0.15) is 0 Å². The summed E-state index contributed by atoms with van der Waals surface area (Å²) >= 11 is 0. The van der Waals surface area contributed by atoms with E-state index in [-0.39, 0.29) is 0 Å². The van der Waals surface area contributed by atoms with Gasteiger partial charge < -0.3 is 5.73 Å². The SMILES string of the molecule is CNN(N(C)C)S(=O)(=O)CN. The molecule has 68 valence electrons. The molecular formula is C4H14N4O2S. The molecule has 0 heterocycles. The maximum atomic E-state index is 11.1. The Morgan fingerprint density at radius 3 is 2.00 bits per heavy atom. The second kappa shape index (κ2) is 3.98. The lowest BCUT2D eigenvalue weighted by Crippen LogP contribution is -2.51. The molecule has 0 amide bonds. The summed E-state index contributed by atoms with van der Waals surface area (Å²) in [7, 11) is 1.33. The first-order valence-electron chi connectivity index (χ1n) is 3.03. The molecule has 0 atom stereocenters. The van der Waals surface area contributed by atoms with Crippen LogP contribution in [0.1, 0.15) is 0 Å². The highest BCUT2D eigenvalue weighted by molar-refractivity contribution is 7.88. The summed E-state index contributed by atoms with van der Waals surface area (Å²) in [6.07, 6.45) is 0. The van der Waals surface area contributed by atoms with Gasteiger partial charge in [0, 0.05) is 21.1 Å². The maximum Gasteiger partial charge on any atom is 0.253 e. The zero-order valence-corrected chi connectivity index (χ0v) is 7.72. The number of hydrogen-bond acceptors (Lipinski definition) is 5. The standard InChI is InChI=1S/C4H14N4O2S/c1-6-8(7(2)3)11(9,10)4-5/h6H,4-5H2,1-3H3. The number of hydrogen-bond donors (Lipinski definition) is 2. The van der Waals surface area contributed by atoms with Crippen LogP contribution < -0.4 is 11.2 Å². The first-order valence-corrected chi connectivity index (χ1v) is 4.64. The number of nitrogens with zero attached hydrogens (tertiary/aromatic N) is 2. The zero-order valence-electron chi connectivity index (χ0n) is 6.90. The molecule has 0 aliphatic carbocycles. The van der Waals surface area contributed by atoms with Crippen molar-refractivity contribution in [2.75, 3.05) is 27.0 Å². The van der Waals surface area contributed by atoms with E-state index in [4.69, 9.17) is 5.73 Å². The van der Waals surface area contributed by atoms with E-state index in [9.17, 15) is 8.42 Å².